The lowest BCUT2D eigenvalue weighted by molar-refractivity contribution is 0.189. The van der Waals surface area contributed by atoms with E-state index < -0.39 is 0 Å². The molecule has 0 aromatic carbocycles. The van der Waals surface area contributed by atoms with Crippen molar-refractivity contribution in [1.82, 2.24) is 25.8 Å². The lowest BCUT2D eigenvalue weighted by Gasteiger charge is -2.34. The molecule has 2 heterocycles. The minimum Gasteiger partial charge on any atom is -0.314 e. The van der Waals surface area contributed by atoms with Crippen molar-refractivity contribution >= 4 is 23.2 Å². The molecule has 3 N–H and O–H groups in total. The Morgan fingerprint density at radius 1 is 0.952 bits per heavy atom. The van der Waals surface area contributed by atoms with Crippen molar-refractivity contribution in [1.29, 1.82) is 0 Å². The molecule has 0 saturated carbocycles. The quantitative estimate of drug-likeness (QED) is 0.438. The Kier molecular flexibility index (Phi) is 7.49. The van der Waals surface area contributed by atoms with Gasteiger partial charge >= 0.3 is 0 Å². The molecule has 0 radical (unpaired) electrons. The van der Waals surface area contributed by atoms with Crippen LogP contribution in [0.1, 0.15) is 13.8 Å². The minimum atomic E-state index is -0.241. The number of hydrogen-bond donors (Lipinski definition) is 3. The van der Waals surface area contributed by atoms with Crippen LogP contribution in [0.2, 0.25) is 0 Å². The number of rotatable bonds is 0. The van der Waals surface area contributed by atoms with E-state index in [0.717, 1.165) is 52.4 Å². The molecule has 2 aliphatic rings. The molecule has 2 bridgehead atoms. The molecule has 7 heteroatoms. The van der Waals surface area contributed by atoms with E-state index in [0.29, 0.717) is 12.1 Å². The van der Waals surface area contributed by atoms with Crippen LogP contribution in [-0.4, -0.2) is 85.2 Å². The largest absolute Gasteiger partial charge is 0.314 e. The fourth-order valence-electron chi connectivity index (χ4n) is 2.98. The van der Waals surface area contributed by atoms with Gasteiger partial charge in [0.1, 0.15) is 11.0 Å². The summed E-state index contributed by atoms with van der Waals surface area (Å²) in [6, 6.07) is 0.818. The van der Waals surface area contributed by atoms with Gasteiger partial charge in [0.2, 0.25) is 0 Å². The average molecular weight is 338 g/mol. The first-order chi connectivity index (χ1) is 10.1. The molecule has 6 atom stereocenters. The summed E-state index contributed by atoms with van der Waals surface area (Å²) in [7, 11) is 0. The van der Waals surface area contributed by atoms with Gasteiger partial charge in [-0.25, -0.2) is 0 Å². The standard InChI is InChI=1S/C14H29Cl2N5/c1-11-9-17-3-5-20-7-8-21(14(16)13(15)19-11)6-4-18-12(2)10-20/h11-14,17-19H,3-10H2,1-2H3. The second kappa shape index (κ2) is 8.87. The fraction of sp³-hybridized carbons (Fsp3) is 1.00. The van der Waals surface area contributed by atoms with Crippen molar-refractivity contribution in [2.75, 3.05) is 52.4 Å². The van der Waals surface area contributed by atoms with Crippen LogP contribution in [0.4, 0.5) is 0 Å². The lowest BCUT2D eigenvalue weighted by atomic mass is 10.3. The highest BCUT2D eigenvalue weighted by atomic mass is 35.5. The first-order valence-corrected chi connectivity index (χ1v) is 8.88. The van der Waals surface area contributed by atoms with E-state index in [9.17, 15) is 0 Å². The van der Waals surface area contributed by atoms with E-state index in [1.165, 1.54) is 0 Å². The Balaban J connectivity index is 2.07. The molecular formula is C14H29Cl2N5. The molecule has 5 nitrogen and oxygen atoms in total. The van der Waals surface area contributed by atoms with Crippen LogP contribution >= 0.6 is 23.2 Å². The zero-order valence-electron chi connectivity index (χ0n) is 13.1. The predicted octanol–water partition coefficient (Wildman–Crippen LogP) is 0.293. The Bertz CT molecular complexity index is 307. The maximum atomic E-state index is 6.60. The van der Waals surface area contributed by atoms with Gasteiger partial charge in [0.25, 0.3) is 0 Å². The van der Waals surface area contributed by atoms with Crippen molar-refractivity contribution < 1.29 is 0 Å². The van der Waals surface area contributed by atoms with Crippen LogP contribution in [0, 0.1) is 0 Å². The maximum absolute atomic E-state index is 6.60. The number of alkyl halides is 2. The van der Waals surface area contributed by atoms with Gasteiger partial charge < -0.3 is 10.6 Å². The van der Waals surface area contributed by atoms with E-state index in [1.54, 1.807) is 0 Å². The average Bonchev–Trinajstić information content (AvgIpc) is 2.52. The fourth-order valence-corrected chi connectivity index (χ4v) is 3.62. The molecule has 6 unspecified atom stereocenters. The lowest BCUT2D eigenvalue weighted by Crippen LogP contribution is -2.52. The number of fused-ring (bicyclic) bond motifs is 3. The van der Waals surface area contributed by atoms with Gasteiger partial charge in [0.05, 0.1) is 0 Å². The zero-order valence-corrected chi connectivity index (χ0v) is 14.6. The Morgan fingerprint density at radius 3 is 2.57 bits per heavy atom. The second-order valence-corrected chi connectivity index (χ2v) is 7.16. The van der Waals surface area contributed by atoms with Crippen molar-refractivity contribution in [2.24, 2.45) is 0 Å². The van der Waals surface area contributed by atoms with Crippen LogP contribution in [0.15, 0.2) is 0 Å². The molecule has 0 aromatic rings. The Morgan fingerprint density at radius 2 is 1.76 bits per heavy atom. The summed E-state index contributed by atoms with van der Waals surface area (Å²) >= 11 is 13.1. The van der Waals surface area contributed by atoms with Gasteiger partial charge in [-0.1, -0.05) is 0 Å². The number of hydrogen-bond acceptors (Lipinski definition) is 5. The first kappa shape index (κ1) is 17.7. The van der Waals surface area contributed by atoms with Crippen molar-refractivity contribution in [3.8, 4) is 0 Å². The summed E-state index contributed by atoms with van der Waals surface area (Å²) < 4.78 is 0. The smallest absolute Gasteiger partial charge is 0.115 e. The summed E-state index contributed by atoms with van der Waals surface area (Å²) in [6.45, 7) is 12.4. The Labute approximate surface area is 138 Å². The summed E-state index contributed by atoms with van der Waals surface area (Å²) in [5, 5.41) is 10.5. The minimum absolute atomic E-state index is 0.189. The van der Waals surface area contributed by atoms with Crippen molar-refractivity contribution in [3.63, 3.8) is 0 Å². The first-order valence-electron chi connectivity index (χ1n) is 8.01. The summed E-state index contributed by atoms with van der Waals surface area (Å²) in [4.78, 5) is 4.79. The zero-order chi connectivity index (χ0) is 15.2. The van der Waals surface area contributed by atoms with Crippen molar-refractivity contribution in [2.45, 2.75) is 36.9 Å². The molecule has 2 saturated heterocycles. The van der Waals surface area contributed by atoms with Crippen LogP contribution in [-0.2, 0) is 0 Å². The highest BCUT2D eigenvalue weighted by Gasteiger charge is 2.27. The third-order valence-corrected chi connectivity index (χ3v) is 5.24. The summed E-state index contributed by atoms with van der Waals surface area (Å²) in [5.41, 5.74) is -0.430. The molecule has 0 amide bonds. The van der Waals surface area contributed by atoms with E-state index in [1.807, 2.05) is 0 Å². The molecule has 124 valence electrons. The predicted molar refractivity (Wildman–Crippen MR) is 90.2 cm³/mol. The molecule has 2 rings (SSSR count). The third-order valence-electron chi connectivity index (χ3n) is 4.22. The normalized spacial score (nSPS) is 44.0. The molecule has 0 aromatic heterocycles. The third kappa shape index (κ3) is 5.82. The number of halogens is 2. The van der Waals surface area contributed by atoms with E-state index in [2.05, 4.69) is 39.6 Å². The molecule has 2 aliphatic heterocycles. The molecule has 0 aliphatic carbocycles. The van der Waals surface area contributed by atoms with Crippen LogP contribution < -0.4 is 16.0 Å². The van der Waals surface area contributed by atoms with Crippen LogP contribution in [0.25, 0.3) is 0 Å². The van der Waals surface area contributed by atoms with Gasteiger partial charge in [0, 0.05) is 64.4 Å². The highest BCUT2D eigenvalue weighted by Crippen LogP contribution is 2.15. The van der Waals surface area contributed by atoms with Gasteiger partial charge in [0.15, 0.2) is 0 Å². The number of nitrogens with one attached hydrogen (secondary N) is 3. The van der Waals surface area contributed by atoms with Crippen LogP contribution in [0.3, 0.4) is 0 Å². The number of nitrogens with zero attached hydrogens (tertiary/aromatic N) is 2. The monoisotopic (exact) mass is 337 g/mol. The molecule has 21 heavy (non-hydrogen) atoms. The van der Waals surface area contributed by atoms with Crippen molar-refractivity contribution in [3.05, 3.63) is 0 Å². The highest BCUT2D eigenvalue weighted by molar-refractivity contribution is 6.29. The Hall–Kier alpha value is 0.380. The SMILES string of the molecule is CC1CN2CCNCC(C)NC(Cl)C(Cl)N(CCN1)CC2. The molecule has 2 fully saturated rings. The maximum Gasteiger partial charge on any atom is 0.115 e. The van der Waals surface area contributed by atoms with Gasteiger partial charge in [-0.2, -0.15) is 0 Å². The summed E-state index contributed by atoms with van der Waals surface area (Å²) in [6.07, 6.45) is 0. The van der Waals surface area contributed by atoms with Gasteiger partial charge in [-0.15, -0.1) is 23.2 Å². The second-order valence-electron chi connectivity index (χ2n) is 6.24. The summed E-state index contributed by atoms with van der Waals surface area (Å²) in [5.74, 6) is 0. The topological polar surface area (TPSA) is 42.6 Å². The van der Waals surface area contributed by atoms with Crippen LogP contribution in [0.5, 0.6) is 0 Å². The van der Waals surface area contributed by atoms with E-state index >= 15 is 0 Å². The molecule has 0 spiro atoms. The van der Waals surface area contributed by atoms with Gasteiger partial charge in [-0.05, 0) is 13.8 Å². The van der Waals surface area contributed by atoms with E-state index in [4.69, 9.17) is 23.2 Å². The van der Waals surface area contributed by atoms with E-state index in [-0.39, 0.29) is 11.0 Å². The van der Waals surface area contributed by atoms with Gasteiger partial charge in [-0.3, -0.25) is 15.1 Å². The molecular weight excluding hydrogens is 309 g/mol.